The summed E-state index contributed by atoms with van der Waals surface area (Å²) in [5.41, 5.74) is 3.08. The molecule has 3 rings (SSSR count). The highest BCUT2D eigenvalue weighted by molar-refractivity contribution is 5.97. The van der Waals surface area contributed by atoms with Crippen LogP contribution in [0.25, 0.3) is 0 Å². The molecule has 0 spiro atoms. The maximum Gasteiger partial charge on any atom is 0.274 e. The Labute approximate surface area is 220 Å². The Morgan fingerprint density at radius 3 is 2.81 bits per heavy atom. The minimum Gasteiger partial charge on any atom is -0.494 e. The number of rotatable bonds is 12. The fraction of sp³-hybridized carbons (Fsp3) is 0.536. The zero-order valence-electron chi connectivity index (χ0n) is 23.2. The second-order valence-corrected chi connectivity index (χ2v) is 9.63. The summed E-state index contributed by atoms with van der Waals surface area (Å²) in [6, 6.07) is 0.288. The molecule has 0 fully saturated rings. The van der Waals surface area contributed by atoms with Crippen molar-refractivity contribution in [1.82, 2.24) is 24.9 Å². The van der Waals surface area contributed by atoms with Crippen molar-refractivity contribution in [2.24, 2.45) is 18.0 Å². The molecule has 8 nitrogen and oxygen atoms in total. The van der Waals surface area contributed by atoms with Crippen molar-refractivity contribution in [3.8, 4) is 0 Å². The van der Waals surface area contributed by atoms with Gasteiger partial charge in [-0.3, -0.25) is 14.5 Å². The number of amides is 1. The second-order valence-electron chi connectivity index (χ2n) is 9.63. The van der Waals surface area contributed by atoms with E-state index in [2.05, 4.69) is 33.4 Å². The number of carbonyl (C=O) groups excluding carboxylic acids is 1. The van der Waals surface area contributed by atoms with Gasteiger partial charge in [0.1, 0.15) is 11.6 Å². The number of hydrogen-bond acceptors (Lipinski definition) is 6. The number of ether oxygens (including phenoxy) is 1. The average Bonchev–Trinajstić information content (AvgIpc) is 3.41. The van der Waals surface area contributed by atoms with Gasteiger partial charge in [-0.15, -0.1) is 0 Å². The zero-order chi connectivity index (χ0) is 27.1. The van der Waals surface area contributed by atoms with E-state index in [1.54, 1.807) is 31.8 Å². The van der Waals surface area contributed by atoms with Crippen molar-refractivity contribution < 1.29 is 13.9 Å². The topological polar surface area (TPSA) is 75.0 Å². The maximum atomic E-state index is 15.2. The number of aliphatic imine (C=N–C) groups is 1. The van der Waals surface area contributed by atoms with Gasteiger partial charge in [0.25, 0.3) is 5.91 Å². The monoisotopic (exact) mass is 512 g/mol. The van der Waals surface area contributed by atoms with Gasteiger partial charge < -0.3 is 19.9 Å². The van der Waals surface area contributed by atoms with Crippen LogP contribution in [0.4, 0.5) is 4.39 Å². The maximum absolute atomic E-state index is 15.2. The zero-order valence-corrected chi connectivity index (χ0v) is 23.2. The summed E-state index contributed by atoms with van der Waals surface area (Å²) in [7, 11) is 5.22. The van der Waals surface area contributed by atoms with Crippen molar-refractivity contribution in [2.45, 2.75) is 46.6 Å². The van der Waals surface area contributed by atoms with Crippen molar-refractivity contribution in [3.05, 3.63) is 64.6 Å². The summed E-state index contributed by atoms with van der Waals surface area (Å²) in [6.45, 7) is 10.6. The molecule has 0 aliphatic carbocycles. The van der Waals surface area contributed by atoms with Crippen molar-refractivity contribution in [3.63, 3.8) is 0 Å². The second kappa shape index (κ2) is 12.9. The van der Waals surface area contributed by atoms with Crippen LogP contribution in [0.5, 0.6) is 0 Å². The summed E-state index contributed by atoms with van der Waals surface area (Å²) >= 11 is 0. The Balaban J connectivity index is 1.78. The van der Waals surface area contributed by atoms with E-state index in [-0.39, 0.29) is 30.2 Å². The highest BCUT2D eigenvalue weighted by Crippen LogP contribution is 2.31. The Morgan fingerprint density at radius 2 is 2.14 bits per heavy atom. The van der Waals surface area contributed by atoms with Crippen LogP contribution < -0.4 is 5.32 Å². The van der Waals surface area contributed by atoms with Crippen LogP contribution >= 0.6 is 0 Å². The van der Waals surface area contributed by atoms with Gasteiger partial charge >= 0.3 is 0 Å². The van der Waals surface area contributed by atoms with E-state index in [0.717, 1.165) is 48.7 Å². The number of fused-ring (bicyclic) bond motifs is 1. The fourth-order valence-electron chi connectivity index (χ4n) is 4.55. The summed E-state index contributed by atoms with van der Waals surface area (Å²) < 4.78 is 23.0. The lowest BCUT2D eigenvalue weighted by Crippen LogP contribution is -2.35. The largest absolute Gasteiger partial charge is 0.494 e. The number of hydrogen-bond donors (Lipinski definition) is 1. The third-order valence-corrected chi connectivity index (χ3v) is 6.86. The highest BCUT2D eigenvalue weighted by Gasteiger charge is 2.29. The molecule has 1 N–H and O–H groups in total. The normalized spacial score (nSPS) is 18.5. The Bertz CT molecular complexity index is 1130. The van der Waals surface area contributed by atoms with Gasteiger partial charge in [0.15, 0.2) is 11.5 Å². The molecule has 9 heteroatoms. The average molecular weight is 513 g/mol. The van der Waals surface area contributed by atoms with Gasteiger partial charge in [0.2, 0.25) is 0 Å². The molecule has 0 saturated carbocycles. The first-order valence-corrected chi connectivity index (χ1v) is 13.0. The summed E-state index contributed by atoms with van der Waals surface area (Å²) in [5, 5.41) is 7.78. The number of carbonyl (C=O) groups is 1. The van der Waals surface area contributed by atoms with Crippen LogP contribution in [0.3, 0.4) is 0 Å². The van der Waals surface area contributed by atoms with E-state index in [1.165, 1.54) is 11.0 Å². The lowest BCUT2D eigenvalue weighted by atomic mass is 9.96. The van der Waals surface area contributed by atoms with E-state index < -0.39 is 5.83 Å². The van der Waals surface area contributed by atoms with Crippen LogP contribution in [0.1, 0.15) is 48.9 Å². The minimum atomic E-state index is -0.401. The first-order valence-electron chi connectivity index (χ1n) is 13.0. The van der Waals surface area contributed by atoms with Crippen molar-refractivity contribution in [1.29, 1.82) is 0 Å². The van der Waals surface area contributed by atoms with Crippen LogP contribution in [0, 0.1) is 12.8 Å². The van der Waals surface area contributed by atoms with Gasteiger partial charge in [-0.25, -0.2) is 4.39 Å². The smallest absolute Gasteiger partial charge is 0.274 e. The Kier molecular flexibility index (Phi) is 9.86. The number of nitrogens with zero attached hydrogens (tertiary/aromatic N) is 5. The predicted molar refractivity (Wildman–Crippen MR) is 146 cm³/mol. The lowest BCUT2D eigenvalue weighted by molar-refractivity contribution is 0.0819. The van der Waals surface area contributed by atoms with Crippen LogP contribution in [-0.2, 0) is 18.2 Å². The third-order valence-electron chi connectivity index (χ3n) is 6.86. The number of amidine groups is 1. The Morgan fingerprint density at radius 1 is 1.38 bits per heavy atom. The van der Waals surface area contributed by atoms with Crippen LogP contribution in [0.2, 0.25) is 0 Å². The number of aryl methyl sites for hydroxylation is 1. The quantitative estimate of drug-likeness (QED) is 0.261. The molecule has 1 aromatic rings. The van der Waals surface area contributed by atoms with Gasteiger partial charge in [0, 0.05) is 50.9 Å². The number of halogens is 1. The SMILES string of the molecule is C/C=C\C(F)=C(\OCCc1c(C(=O)N(C)C)nn(C)c1C)C(C)C1=CN2C(=NCC2CCNCC)C=C1. The van der Waals surface area contributed by atoms with E-state index in [0.29, 0.717) is 12.1 Å². The van der Waals surface area contributed by atoms with Crippen molar-refractivity contribution in [2.75, 3.05) is 40.3 Å². The van der Waals surface area contributed by atoms with E-state index in [9.17, 15) is 4.79 Å². The van der Waals surface area contributed by atoms with Gasteiger partial charge in [-0.05, 0) is 51.1 Å². The number of aromatic nitrogens is 2. The molecular weight excluding hydrogens is 471 g/mol. The molecule has 37 heavy (non-hydrogen) atoms. The molecule has 2 unspecified atom stereocenters. The summed E-state index contributed by atoms with van der Waals surface area (Å²) in [5.74, 6) is 0.359. The molecule has 202 valence electrons. The molecule has 1 amide bonds. The predicted octanol–water partition coefficient (Wildman–Crippen LogP) is 3.92. The molecule has 0 aromatic carbocycles. The molecule has 2 aliphatic rings. The standard InChI is InChI=1S/C28H41FN6O2/c1-8-10-24(29)27(37-16-14-23-20(4)34(7)32-26(23)28(36)33(5)6)19(3)21-11-12-25-31-17-22(35(25)18-21)13-15-30-9-2/h8,10-12,18-19,22,30H,9,13-17H2,1-7H3/b10-8-,27-24-. The number of nitrogens with one attached hydrogen (secondary N) is 1. The highest BCUT2D eigenvalue weighted by atomic mass is 19.1. The Hall–Kier alpha value is -3.20. The number of allylic oxidation sites excluding steroid dienone is 5. The first kappa shape index (κ1) is 28.4. The van der Waals surface area contributed by atoms with E-state index in [4.69, 9.17) is 4.74 Å². The molecule has 2 atom stereocenters. The van der Waals surface area contributed by atoms with Crippen LogP contribution in [0.15, 0.2) is 52.7 Å². The molecule has 0 bridgehead atoms. The third kappa shape index (κ3) is 6.57. The summed E-state index contributed by atoms with van der Waals surface area (Å²) in [6.07, 6.45) is 10.6. The molecule has 2 aliphatic heterocycles. The van der Waals surface area contributed by atoms with Gasteiger partial charge in [-0.1, -0.05) is 26.0 Å². The van der Waals surface area contributed by atoms with E-state index >= 15 is 4.39 Å². The molecule has 0 radical (unpaired) electrons. The minimum absolute atomic E-state index is 0.160. The molecule has 3 heterocycles. The van der Waals surface area contributed by atoms with Gasteiger partial charge in [0.05, 0.1) is 19.2 Å². The fourth-order valence-corrected chi connectivity index (χ4v) is 4.55. The van der Waals surface area contributed by atoms with Crippen molar-refractivity contribution >= 4 is 11.7 Å². The van der Waals surface area contributed by atoms with Gasteiger partial charge in [-0.2, -0.15) is 5.10 Å². The van der Waals surface area contributed by atoms with E-state index in [1.807, 2.05) is 33.0 Å². The molecule has 1 aromatic heterocycles. The molecular formula is C28H41FN6O2. The molecule has 0 saturated heterocycles. The first-order chi connectivity index (χ1) is 17.7. The van der Waals surface area contributed by atoms with Crippen LogP contribution in [-0.4, -0.2) is 77.7 Å². The lowest BCUT2D eigenvalue weighted by Gasteiger charge is -2.29. The summed E-state index contributed by atoms with van der Waals surface area (Å²) in [4.78, 5) is 21.0.